The molecule has 0 unspecified atom stereocenters. The van der Waals surface area contributed by atoms with E-state index in [2.05, 4.69) is 10.3 Å². The fraction of sp³-hybridized carbons (Fsp3) is 0. The molecule has 2 aromatic carbocycles. The molecule has 20 heavy (non-hydrogen) atoms. The van der Waals surface area contributed by atoms with Crippen molar-refractivity contribution in [3.8, 4) is 0 Å². The van der Waals surface area contributed by atoms with Gasteiger partial charge in [0.15, 0.2) is 0 Å². The van der Waals surface area contributed by atoms with Gasteiger partial charge in [-0.3, -0.25) is 4.79 Å². The molecule has 0 aliphatic rings. The summed E-state index contributed by atoms with van der Waals surface area (Å²) in [5.41, 5.74) is 2.10. The van der Waals surface area contributed by atoms with Crippen LogP contribution in [0.5, 0.6) is 0 Å². The molecule has 0 atom stereocenters. The van der Waals surface area contributed by atoms with Gasteiger partial charge in [0.1, 0.15) is 5.82 Å². The molecule has 0 saturated carbocycles. The summed E-state index contributed by atoms with van der Waals surface area (Å²) in [5.74, 6) is -0.528. The van der Waals surface area contributed by atoms with Crippen molar-refractivity contribution in [2.24, 2.45) is 0 Å². The zero-order valence-electron chi connectivity index (χ0n) is 10.3. The molecule has 0 aliphatic heterocycles. The molecule has 1 amide bonds. The number of anilines is 1. The Hall–Kier alpha value is -1.89. The lowest BCUT2D eigenvalue weighted by molar-refractivity contribution is 0.102. The van der Waals surface area contributed by atoms with E-state index in [9.17, 15) is 9.18 Å². The van der Waals surface area contributed by atoms with Gasteiger partial charge >= 0.3 is 0 Å². The van der Waals surface area contributed by atoms with Crippen molar-refractivity contribution in [1.29, 1.82) is 0 Å². The second-order valence-corrected chi connectivity index (χ2v) is 5.48. The third-order valence-corrected chi connectivity index (χ3v) is 3.91. The molecule has 0 saturated heterocycles. The molecule has 1 heterocycles. The first-order chi connectivity index (χ1) is 9.65. The summed E-state index contributed by atoms with van der Waals surface area (Å²) >= 11 is 1.99. The molecule has 5 heteroatoms. The Morgan fingerprint density at radius 3 is 2.85 bits per heavy atom. The van der Waals surface area contributed by atoms with Crippen LogP contribution >= 0.6 is 22.6 Å². The molecule has 0 bridgehead atoms. The third-order valence-electron chi connectivity index (χ3n) is 3.02. The number of fused-ring (bicyclic) bond motifs is 1. The summed E-state index contributed by atoms with van der Waals surface area (Å²) < 4.78 is 13.7. The second-order valence-electron chi connectivity index (χ2n) is 4.32. The number of halogens is 2. The molecule has 100 valence electrons. The number of carbonyl (C=O) groups excluding carboxylic acids is 1. The van der Waals surface area contributed by atoms with E-state index in [-0.39, 0.29) is 11.7 Å². The number of aromatic amines is 1. The highest BCUT2D eigenvalue weighted by Gasteiger charge is 2.12. The fourth-order valence-corrected chi connectivity index (χ4v) is 2.68. The first kappa shape index (κ1) is 13.1. The molecule has 1 aromatic heterocycles. The van der Waals surface area contributed by atoms with E-state index in [4.69, 9.17) is 0 Å². The maximum Gasteiger partial charge on any atom is 0.256 e. The number of benzene rings is 2. The molecule has 3 aromatic rings. The highest BCUT2D eigenvalue weighted by atomic mass is 127. The first-order valence-electron chi connectivity index (χ1n) is 5.97. The Morgan fingerprint density at radius 1 is 1.20 bits per heavy atom. The number of rotatable bonds is 2. The lowest BCUT2D eigenvalue weighted by Crippen LogP contribution is -2.13. The third kappa shape index (κ3) is 2.40. The number of hydrogen-bond donors (Lipinski definition) is 2. The average molecular weight is 380 g/mol. The monoisotopic (exact) mass is 380 g/mol. The predicted octanol–water partition coefficient (Wildman–Crippen LogP) is 4.16. The SMILES string of the molecule is O=C(Nc1ccc(F)cc1I)c1cccc2[nH]ccc12. The van der Waals surface area contributed by atoms with Crippen molar-refractivity contribution in [2.75, 3.05) is 5.32 Å². The largest absolute Gasteiger partial charge is 0.361 e. The number of amides is 1. The first-order valence-corrected chi connectivity index (χ1v) is 7.05. The minimum absolute atomic E-state index is 0.209. The molecule has 3 rings (SSSR count). The van der Waals surface area contributed by atoms with Crippen LogP contribution in [0.15, 0.2) is 48.7 Å². The highest BCUT2D eigenvalue weighted by molar-refractivity contribution is 14.1. The van der Waals surface area contributed by atoms with Crippen LogP contribution < -0.4 is 5.32 Å². The normalized spacial score (nSPS) is 10.7. The highest BCUT2D eigenvalue weighted by Crippen LogP contribution is 2.22. The van der Waals surface area contributed by atoms with Crippen molar-refractivity contribution in [1.82, 2.24) is 4.98 Å². The maximum absolute atomic E-state index is 13.1. The van der Waals surface area contributed by atoms with E-state index in [1.165, 1.54) is 12.1 Å². The lowest BCUT2D eigenvalue weighted by Gasteiger charge is -2.08. The van der Waals surface area contributed by atoms with Crippen LogP contribution in [-0.2, 0) is 0 Å². The van der Waals surface area contributed by atoms with Gasteiger partial charge in [-0.15, -0.1) is 0 Å². The van der Waals surface area contributed by atoms with Crippen molar-refractivity contribution in [2.45, 2.75) is 0 Å². The van der Waals surface area contributed by atoms with Gasteiger partial charge < -0.3 is 10.3 Å². The van der Waals surface area contributed by atoms with Gasteiger partial charge in [-0.25, -0.2) is 4.39 Å². The Labute approximate surface area is 128 Å². The summed E-state index contributed by atoms with van der Waals surface area (Å²) in [5, 5.41) is 3.67. The van der Waals surface area contributed by atoms with E-state index in [1.54, 1.807) is 18.3 Å². The van der Waals surface area contributed by atoms with E-state index in [0.717, 1.165) is 10.9 Å². The van der Waals surface area contributed by atoms with Crippen LogP contribution in [0.4, 0.5) is 10.1 Å². The van der Waals surface area contributed by atoms with Crippen molar-refractivity contribution < 1.29 is 9.18 Å². The molecule has 0 fully saturated rings. The Kier molecular flexibility index (Phi) is 3.43. The summed E-state index contributed by atoms with van der Waals surface area (Å²) in [4.78, 5) is 15.4. The second kappa shape index (κ2) is 5.24. The van der Waals surface area contributed by atoms with Crippen LogP contribution in [0, 0.1) is 9.39 Å². The molecule has 0 aliphatic carbocycles. The summed E-state index contributed by atoms with van der Waals surface area (Å²) in [7, 11) is 0. The Morgan fingerprint density at radius 2 is 2.05 bits per heavy atom. The van der Waals surface area contributed by atoms with Crippen LogP contribution in [0.1, 0.15) is 10.4 Å². The molecule has 0 radical (unpaired) electrons. The van der Waals surface area contributed by atoms with Crippen LogP contribution in [-0.4, -0.2) is 10.9 Å². The molecule has 0 spiro atoms. The van der Waals surface area contributed by atoms with Crippen molar-refractivity contribution >= 4 is 45.1 Å². The minimum atomic E-state index is -0.319. The predicted molar refractivity (Wildman–Crippen MR) is 85.4 cm³/mol. The van der Waals surface area contributed by atoms with E-state index >= 15 is 0 Å². The van der Waals surface area contributed by atoms with Crippen LogP contribution in [0.3, 0.4) is 0 Å². The van der Waals surface area contributed by atoms with Crippen LogP contribution in [0.25, 0.3) is 10.9 Å². The number of aromatic nitrogens is 1. The standard InChI is InChI=1S/C15H10FIN2O/c16-9-4-5-14(12(17)8-9)19-15(20)11-2-1-3-13-10(11)6-7-18-13/h1-8,18H,(H,19,20). The number of nitrogens with one attached hydrogen (secondary N) is 2. The number of carbonyl (C=O) groups is 1. The quantitative estimate of drug-likeness (QED) is 0.645. The minimum Gasteiger partial charge on any atom is -0.361 e. The van der Waals surface area contributed by atoms with Gasteiger partial charge in [0.2, 0.25) is 0 Å². The molecule has 2 N–H and O–H groups in total. The lowest BCUT2D eigenvalue weighted by atomic mass is 10.1. The summed E-state index contributed by atoms with van der Waals surface area (Å²) in [6.07, 6.45) is 1.79. The van der Waals surface area contributed by atoms with Gasteiger partial charge in [0.25, 0.3) is 5.91 Å². The maximum atomic E-state index is 13.1. The van der Waals surface area contributed by atoms with Crippen LogP contribution in [0.2, 0.25) is 0 Å². The van der Waals surface area contributed by atoms with Gasteiger partial charge in [-0.2, -0.15) is 0 Å². The van der Waals surface area contributed by atoms with E-state index < -0.39 is 0 Å². The summed E-state index contributed by atoms with van der Waals surface area (Å²) in [6.45, 7) is 0. The smallest absolute Gasteiger partial charge is 0.256 e. The van der Waals surface area contributed by atoms with E-state index in [0.29, 0.717) is 14.8 Å². The molecule has 3 nitrogen and oxygen atoms in total. The van der Waals surface area contributed by atoms with Gasteiger partial charge in [0, 0.05) is 26.2 Å². The summed E-state index contributed by atoms with van der Waals surface area (Å²) in [6, 6.07) is 11.6. The molecular formula is C15H10FIN2O. The average Bonchev–Trinajstić information content (AvgIpc) is 2.90. The zero-order valence-corrected chi connectivity index (χ0v) is 12.4. The van der Waals surface area contributed by atoms with Gasteiger partial charge in [-0.05, 0) is 59.0 Å². The number of H-pyrrole nitrogens is 1. The van der Waals surface area contributed by atoms with Gasteiger partial charge in [0.05, 0.1) is 5.69 Å². The number of hydrogen-bond acceptors (Lipinski definition) is 1. The van der Waals surface area contributed by atoms with E-state index in [1.807, 2.05) is 40.8 Å². The van der Waals surface area contributed by atoms with Crippen molar-refractivity contribution in [3.05, 3.63) is 63.6 Å². The Balaban J connectivity index is 1.95. The van der Waals surface area contributed by atoms with Gasteiger partial charge in [-0.1, -0.05) is 6.07 Å². The molecular weight excluding hydrogens is 370 g/mol. The topological polar surface area (TPSA) is 44.9 Å². The van der Waals surface area contributed by atoms with Crippen molar-refractivity contribution in [3.63, 3.8) is 0 Å². The Bertz CT molecular complexity index is 797. The zero-order chi connectivity index (χ0) is 14.1. The fourth-order valence-electron chi connectivity index (χ4n) is 2.06.